The SMILES string of the molecule is CC(C)c1ccccc1NC(=O)C(=O)Nc1ccc(F)c(F)c1. The van der Waals surface area contributed by atoms with Crippen LogP contribution in [0.5, 0.6) is 0 Å². The molecule has 2 rings (SSSR count). The van der Waals surface area contributed by atoms with Crippen molar-refractivity contribution in [3.8, 4) is 0 Å². The number of benzene rings is 2. The van der Waals surface area contributed by atoms with E-state index in [0.717, 1.165) is 17.7 Å². The summed E-state index contributed by atoms with van der Waals surface area (Å²) >= 11 is 0. The first-order chi connectivity index (χ1) is 10.9. The van der Waals surface area contributed by atoms with Crippen LogP contribution in [0, 0.1) is 11.6 Å². The Hall–Kier alpha value is -2.76. The van der Waals surface area contributed by atoms with Gasteiger partial charge >= 0.3 is 11.8 Å². The maximum atomic E-state index is 13.1. The highest BCUT2D eigenvalue weighted by Crippen LogP contribution is 2.23. The number of amides is 2. The topological polar surface area (TPSA) is 58.2 Å². The van der Waals surface area contributed by atoms with Crippen LogP contribution in [-0.2, 0) is 9.59 Å². The Labute approximate surface area is 132 Å². The third kappa shape index (κ3) is 4.12. The quantitative estimate of drug-likeness (QED) is 0.849. The van der Waals surface area contributed by atoms with Crippen LogP contribution in [0.2, 0.25) is 0 Å². The monoisotopic (exact) mass is 318 g/mol. The van der Waals surface area contributed by atoms with Gasteiger partial charge in [-0.05, 0) is 29.7 Å². The molecule has 120 valence electrons. The van der Waals surface area contributed by atoms with Crippen molar-refractivity contribution >= 4 is 23.2 Å². The summed E-state index contributed by atoms with van der Waals surface area (Å²) in [5.41, 5.74) is 1.43. The number of nitrogens with one attached hydrogen (secondary N) is 2. The highest BCUT2D eigenvalue weighted by Gasteiger charge is 2.17. The second kappa shape index (κ2) is 7.00. The van der Waals surface area contributed by atoms with E-state index in [1.807, 2.05) is 26.0 Å². The predicted octanol–water partition coefficient (Wildman–Crippen LogP) is 3.67. The summed E-state index contributed by atoms with van der Waals surface area (Å²) in [4.78, 5) is 23.8. The number of carbonyl (C=O) groups is 2. The lowest BCUT2D eigenvalue weighted by atomic mass is 10.0. The van der Waals surface area contributed by atoms with E-state index in [0.29, 0.717) is 5.69 Å². The molecule has 0 saturated heterocycles. The van der Waals surface area contributed by atoms with Crippen molar-refractivity contribution in [2.24, 2.45) is 0 Å². The Morgan fingerprint density at radius 2 is 1.57 bits per heavy atom. The minimum absolute atomic E-state index is 0.00111. The molecule has 0 aliphatic carbocycles. The highest BCUT2D eigenvalue weighted by atomic mass is 19.2. The molecule has 2 aromatic rings. The van der Waals surface area contributed by atoms with Crippen LogP contribution in [0.3, 0.4) is 0 Å². The lowest BCUT2D eigenvalue weighted by Gasteiger charge is -2.13. The summed E-state index contributed by atoms with van der Waals surface area (Å²) in [6, 6.07) is 9.98. The molecule has 0 radical (unpaired) electrons. The average molecular weight is 318 g/mol. The molecule has 23 heavy (non-hydrogen) atoms. The van der Waals surface area contributed by atoms with Crippen LogP contribution in [0.4, 0.5) is 20.2 Å². The van der Waals surface area contributed by atoms with Gasteiger partial charge in [0.05, 0.1) is 0 Å². The van der Waals surface area contributed by atoms with Gasteiger partial charge in [0, 0.05) is 17.4 Å². The number of carbonyl (C=O) groups excluding carboxylic acids is 2. The van der Waals surface area contributed by atoms with Gasteiger partial charge in [-0.3, -0.25) is 9.59 Å². The number of hydrogen-bond acceptors (Lipinski definition) is 2. The smallest absolute Gasteiger partial charge is 0.314 e. The lowest BCUT2D eigenvalue weighted by molar-refractivity contribution is -0.133. The van der Waals surface area contributed by atoms with Gasteiger partial charge in [-0.2, -0.15) is 0 Å². The number of para-hydroxylation sites is 1. The van der Waals surface area contributed by atoms with Gasteiger partial charge in [0.15, 0.2) is 11.6 Å². The van der Waals surface area contributed by atoms with Crippen LogP contribution < -0.4 is 10.6 Å². The largest absolute Gasteiger partial charge is 0.318 e. The number of hydrogen-bond donors (Lipinski definition) is 2. The van der Waals surface area contributed by atoms with Crippen molar-refractivity contribution in [1.82, 2.24) is 0 Å². The Kier molecular flexibility index (Phi) is 5.05. The molecule has 6 heteroatoms. The molecule has 0 spiro atoms. The molecule has 0 aliphatic rings. The van der Waals surface area contributed by atoms with E-state index in [9.17, 15) is 18.4 Å². The van der Waals surface area contributed by atoms with Gasteiger partial charge in [0.1, 0.15) is 0 Å². The molecular formula is C17H16F2N2O2. The molecule has 0 saturated carbocycles. The van der Waals surface area contributed by atoms with Crippen molar-refractivity contribution in [3.05, 3.63) is 59.7 Å². The molecule has 0 unspecified atom stereocenters. The summed E-state index contributed by atoms with van der Waals surface area (Å²) in [5, 5.41) is 4.74. The Morgan fingerprint density at radius 1 is 0.913 bits per heavy atom. The van der Waals surface area contributed by atoms with Gasteiger partial charge in [-0.25, -0.2) is 8.78 Å². The maximum absolute atomic E-state index is 13.1. The fourth-order valence-corrected chi connectivity index (χ4v) is 2.06. The zero-order chi connectivity index (χ0) is 17.0. The van der Waals surface area contributed by atoms with E-state index in [4.69, 9.17) is 0 Å². The van der Waals surface area contributed by atoms with Gasteiger partial charge in [0.25, 0.3) is 0 Å². The molecule has 0 heterocycles. The Bertz CT molecular complexity index is 745. The summed E-state index contributed by atoms with van der Waals surface area (Å²) < 4.78 is 25.9. The summed E-state index contributed by atoms with van der Waals surface area (Å²) in [6.07, 6.45) is 0. The molecule has 0 fully saturated rings. The van der Waals surface area contributed by atoms with Gasteiger partial charge < -0.3 is 10.6 Å². The fraction of sp³-hybridized carbons (Fsp3) is 0.176. The first kappa shape index (κ1) is 16.6. The standard InChI is InChI=1S/C17H16F2N2O2/c1-10(2)12-5-3-4-6-15(12)21-17(23)16(22)20-11-7-8-13(18)14(19)9-11/h3-10H,1-2H3,(H,20,22)(H,21,23). The van der Waals surface area contributed by atoms with Crippen molar-refractivity contribution in [2.45, 2.75) is 19.8 Å². The molecule has 2 amide bonds. The summed E-state index contributed by atoms with van der Waals surface area (Å²) in [5.74, 6) is -3.81. The van der Waals surface area contributed by atoms with E-state index in [1.54, 1.807) is 12.1 Å². The van der Waals surface area contributed by atoms with Crippen molar-refractivity contribution in [2.75, 3.05) is 10.6 Å². The minimum Gasteiger partial charge on any atom is -0.318 e. The number of halogens is 2. The van der Waals surface area contributed by atoms with Gasteiger partial charge in [-0.15, -0.1) is 0 Å². The van der Waals surface area contributed by atoms with Crippen LogP contribution >= 0.6 is 0 Å². The van der Waals surface area contributed by atoms with E-state index in [1.165, 1.54) is 6.07 Å². The van der Waals surface area contributed by atoms with Crippen LogP contribution in [-0.4, -0.2) is 11.8 Å². The average Bonchev–Trinajstić information content (AvgIpc) is 2.51. The van der Waals surface area contributed by atoms with E-state index >= 15 is 0 Å². The first-order valence-electron chi connectivity index (χ1n) is 7.04. The molecule has 0 atom stereocenters. The zero-order valence-corrected chi connectivity index (χ0v) is 12.7. The molecule has 4 nitrogen and oxygen atoms in total. The normalized spacial score (nSPS) is 10.5. The van der Waals surface area contributed by atoms with Crippen LogP contribution in [0.1, 0.15) is 25.3 Å². The third-order valence-electron chi connectivity index (χ3n) is 3.21. The summed E-state index contributed by atoms with van der Waals surface area (Å²) in [7, 11) is 0. The van der Waals surface area contributed by atoms with Crippen molar-refractivity contribution < 1.29 is 18.4 Å². The third-order valence-corrected chi connectivity index (χ3v) is 3.21. The van der Waals surface area contributed by atoms with E-state index < -0.39 is 23.4 Å². The molecule has 2 N–H and O–H groups in total. The second-order valence-electron chi connectivity index (χ2n) is 5.28. The van der Waals surface area contributed by atoms with Crippen LogP contribution in [0.25, 0.3) is 0 Å². The van der Waals surface area contributed by atoms with E-state index in [-0.39, 0.29) is 11.6 Å². The molecule has 0 aliphatic heterocycles. The minimum atomic E-state index is -1.10. The first-order valence-corrected chi connectivity index (χ1v) is 7.04. The zero-order valence-electron chi connectivity index (χ0n) is 12.7. The Morgan fingerprint density at radius 3 is 2.22 bits per heavy atom. The second-order valence-corrected chi connectivity index (χ2v) is 5.28. The number of anilines is 2. The van der Waals surface area contributed by atoms with Gasteiger partial charge in [0.2, 0.25) is 0 Å². The Balaban J connectivity index is 2.09. The fourth-order valence-electron chi connectivity index (χ4n) is 2.06. The lowest BCUT2D eigenvalue weighted by Crippen LogP contribution is -2.29. The summed E-state index contributed by atoms with van der Waals surface area (Å²) in [6.45, 7) is 3.93. The predicted molar refractivity (Wildman–Crippen MR) is 84.1 cm³/mol. The highest BCUT2D eigenvalue weighted by molar-refractivity contribution is 6.43. The van der Waals surface area contributed by atoms with E-state index in [2.05, 4.69) is 10.6 Å². The molecule has 0 aromatic heterocycles. The molecule has 2 aromatic carbocycles. The molecular weight excluding hydrogens is 302 g/mol. The van der Waals surface area contributed by atoms with Gasteiger partial charge in [-0.1, -0.05) is 32.0 Å². The number of rotatable bonds is 3. The maximum Gasteiger partial charge on any atom is 0.314 e. The van der Waals surface area contributed by atoms with Crippen molar-refractivity contribution in [1.29, 1.82) is 0 Å². The molecule has 0 bridgehead atoms. The van der Waals surface area contributed by atoms with Crippen molar-refractivity contribution in [3.63, 3.8) is 0 Å². The van der Waals surface area contributed by atoms with Crippen LogP contribution in [0.15, 0.2) is 42.5 Å².